The Kier molecular flexibility index (Phi) is 5.85. The Morgan fingerprint density at radius 3 is 2.52 bits per heavy atom. The first-order valence-corrected chi connectivity index (χ1v) is 7.79. The molecule has 0 aliphatic carbocycles. The van der Waals surface area contributed by atoms with Gasteiger partial charge in [0.2, 0.25) is 0 Å². The second-order valence-corrected chi connectivity index (χ2v) is 5.85. The molecule has 130 valence electrons. The molecule has 0 aliphatic rings. The number of carbonyl (C=O) groups is 2. The van der Waals surface area contributed by atoms with E-state index < -0.39 is 22.7 Å². The molecule has 2 aromatic rings. The third-order valence-electron chi connectivity index (χ3n) is 3.05. The fraction of sp³-hybridized carbons (Fsp3) is 0.0667. The number of carbonyl (C=O) groups excluding carboxylic acids is 2. The Morgan fingerprint density at radius 2 is 1.92 bits per heavy atom. The number of halogens is 2. The number of benzene rings is 2. The standard InChI is InChI=1S/C15H11FIN3O5/c1-25-15(22)19-13-6-8(2-5-11(13)16)18-14(21)10-4-3-9(20(23)24)7-12(10)17/h2-7H,1H3,(H,18,21)(H,19,22). The zero-order valence-corrected chi connectivity index (χ0v) is 14.9. The minimum absolute atomic E-state index is 0.132. The van der Waals surface area contributed by atoms with Crippen molar-refractivity contribution in [2.24, 2.45) is 0 Å². The van der Waals surface area contributed by atoms with E-state index in [9.17, 15) is 24.1 Å². The van der Waals surface area contributed by atoms with Crippen molar-refractivity contribution in [2.75, 3.05) is 17.7 Å². The van der Waals surface area contributed by atoms with Gasteiger partial charge in [-0.05, 0) is 46.9 Å². The van der Waals surface area contributed by atoms with Crippen molar-refractivity contribution in [1.29, 1.82) is 0 Å². The first kappa shape index (κ1) is 18.6. The molecule has 0 aliphatic heterocycles. The number of nitro benzene ring substituents is 1. The SMILES string of the molecule is COC(=O)Nc1cc(NC(=O)c2ccc([N+](=O)[O-])cc2I)ccc1F. The summed E-state index contributed by atoms with van der Waals surface area (Å²) in [4.78, 5) is 33.6. The zero-order chi connectivity index (χ0) is 18.6. The van der Waals surface area contributed by atoms with E-state index >= 15 is 0 Å². The van der Waals surface area contributed by atoms with Gasteiger partial charge in [0.25, 0.3) is 11.6 Å². The number of nitrogens with one attached hydrogen (secondary N) is 2. The maximum Gasteiger partial charge on any atom is 0.411 e. The fourth-order valence-electron chi connectivity index (χ4n) is 1.86. The molecule has 10 heteroatoms. The van der Waals surface area contributed by atoms with Crippen LogP contribution in [0, 0.1) is 19.5 Å². The van der Waals surface area contributed by atoms with Crippen LogP contribution in [0.3, 0.4) is 0 Å². The highest BCUT2D eigenvalue weighted by atomic mass is 127. The van der Waals surface area contributed by atoms with Crippen LogP contribution in [0.5, 0.6) is 0 Å². The van der Waals surface area contributed by atoms with Gasteiger partial charge in [0.05, 0.1) is 23.3 Å². The Bertz CT molecular complexity index is 859. The Morgan fingerprint density at radius 1 is 1.20 bits per heavy atom. The van der Waals surface area contributed by atoms with Gasteiger partial charge in [-0.2, -0.15) is 0 Å². The number of non-ortho nitro benzene ring substituents is 1. The largest absolute Gasteiger partial charge is 0.453 e. The normalized spacial score (nSPS) is 10.0. The molecule has 2 rings (SSSR count). The van der Waals surface area contributed by atoms with E-state index in [-0.39, 0.29) is 22.6 Å². The molecule has 8 nitrogen and oxygen atoms in total. The van der Waals surface area contributed by atoms with Gasteiger partial charge in [0, 0.05) is 21.4 Å². The highest BCUT2D eigenvalue weighted by Gasteiger charge is 2.15. The Labute approximate surface area is 154 Å². The van der Waals surface area contributed by atoms with Gasteiger partial charge in [-0.25, -0.2) is 9.18 Å². The second-order valence-electron chi connectivity index (χ2n) is 4.69. The molecule has 0 radical (unpaired) electrons. The Balaban J connectivity index is 2.22. The van der Waals surface area contributed by atoms with Gasteiger partial charge in [-0.15, -0.1) is 0 Å². The van der Waals surface area contributed by atoms with Crippen LogP contribution in [0.4, 0.5) is 26.2 Å². The number of anilines is 2. The lowest BCUT2D eigenvalue weighted by Gasteiger charge is -2.10. The van der Waals surface area contributed by atoms with Crippen molar-refractivity contribution in [3.8, 4) is 0 Å². The van der Waals surface area contributed by atoms with Gasteiger partial charge in [-0.1, -0.05) is 0 Å². The lowest BCUT2D eigenvalue weighted by atomic mass is 10.2. The predicted octanol–water partition coefficient (Wildman–Crippen LogP) is 3.77. The summed E-state index contributed by atoms with van der Waals surface area (Å²) in [5.74, 6) is -1.23. The van der Waals surface area contributed by atoms with Crippen molar-refractivity contribution in [3.63, 3.8) is 0 Å². The van der Waals surface area contributed by atoms with Crippen LogP contribution in [0.15, 0.2) is 36.4 Å². The zero-order valence-electron chi connectivity index (χ0n) is 12.7. The van der Waals surface area contributed by atoms with Crippen molar-refractivity contribution >= 4 is 51.7 Å². The van der Waals surface area contributed by atoms with Gasteiger partial charge in [0.1, 0.15) is 5.82 Å². The average molecular weight is 459 g/mol. The van der Waals surface area contributed by atoms with Crippen molar-refractivity contribution in [2.45, 2.75) is 0 Å². The molecule has 0 unspecified atom stereocenters. The van der Waals surface area contributed by atoms with Gasteiger partial charge >= 0.3 is 6.09 Å². The van der Waals surface area contributed by atoms with Crippen LogP contribution in [0.1, 0.15) is 10.4 Å². The molecule has 0 saturated heterocycles. The molecule has 0 heterocycles. The topological polar surface area (TPSA) is 111 Å². The van der Waals surface area contributed by atoms with E-state index in [0.29, 0.717) is 3.57 Å². The number of methoxy groups -OCH3 is 1. The van der Waals surface area contributed by atoms with Crippen LogP contribution >= 0.6 is 22.6 Å². The fourth-order valence-corrected chi connectivity index (χ4v) is 2.60. The van der Waals surface area contributed by atoms with Gasteiger partial charge < -0.3 is 10.1 Å². The molecule has 2 aromatic carbocycles. The van der Waals surface area contributed by atoms with E-state index in [0.717, 1.165) is 13.2 Å². The summed E-state index contributed by atoms with van der Waals surface area (Å²) < 4.78 is 18.4. The van der Waals surface area contributed by atoms with Crippen molar-refractivity contribution < 1.29 is 23.6 Å². The smallest absolute Gasteiger partial charge is 0.411 e. The lowest BCUT2D eigenvalue weighted by molar-refractivity contribution is -0.384. The molecule has 0 bridgehead atoms. The third-order valence-corrected chi connectivity index (χ3v) is 3.95. The number of nitrogens with zero attached hydrogens (tertiary/aromatic N) is 1. The molecule has 2 N–H and O–H groups in total. The maximum absolute atomic E-state index is 13.7. The number of hydrogen-bond donors (Lipinski definition) is 2. The molecule has 0 saturated carbocycles. The molecular weight excluding hydrogens is 448 g/mol. The van der Waals surface area contributed by atoms with Crippen LogP contribution in [0.2, 0.25) is 0 Å². The lowest BCUT2D eigenvalue weighted by Crippen LogP contribution is -2.15. The third kappa shape index (κ3) is 4.62. The number of rotatable bonds is 4. The van der Waals surface area contributed by atoms with E-state index in [1.54, 1.807) is 0 Å². The van der Waals surface area contributed by atoms with Gasteiger partial charge in [-0.3, -0.25) is 20.2 Å². The molecule has 0 spiro atoms. The summed E-state index contributed by atoms with van der Waals surface area (Å²) in [7, 11) is 1.13. The first-order valence-electron chi connectivity index (χ1n) is 6.71. The second kappa shape index (κ2) is 7.88. The van der Waals surface area contributed by atoms with Gasteiger partial charge in [0.15, 0.2) is 0 Å². The summed E-state index contributed by atoms with van der Waals surface area (Å²) in [6.45, 7) is 0. The highest BCUT2D eigenvalue weighted by Crippen LogP contribution is 2.23. The summed E-state index contributed by atoms with van der Waals surface area (Å²) in [6.07, 6.45) is -0.854. The Hall–Kier alpha value is -2.76. The molecule has 0 fully saturated rings. The highest BCUT2D eigenvalue weighted by molar-refractivity contribution is 14.1. The maximum atomic E-state index is 13.7. The van der Waals surface area contributed by atoms with E-state index in [2.05, 4.69) is 15.4 Å². The molecule has 0 aromatic heterocycles. The number of amides is 2. The summed E-state index contributed by atoms with van der Waals surface area (Å²) in [5.41, 5.74) is 0.153. The molecule has 2 amide bonds. The van der Waals surface area contributed by atoms with Crippen molar-refractivity contribution in [1.82, 2.24) is 0 Å². The summed E-state index contributed by atoms with van der Waals surface area (Å²) in [5, 5.41) is 15.4. The van der Waals surface area contributed by atoms with E-state index in [1.807, 2.05) is 22.6 Å². The number of hydrogen-bond acceptors (Lipinski definition) is 5. The number of nitro groups is 1. The van der Waals surface area contributed by atoms with Crippen LogP contribution in [-0.2, 0) is 4.74 Å². The predicted molar refractivity (Wildman–Crippen MR) is 96.2 cm³/mol. The van der Waals surface area contributed by atoms with E-state index in [4.69, 9.17) is 0 Å². The van der Waals surface area contributed by atoms with Crippen LogP contribution in [0.25, 0.3) is 0 Å². The molecular formula is C15H11FIN3O5. The minimum Gasteiger partial charge on any atom is -0.453 e. The summed E-state index contributed by atoms with van der Waals surface area (Å²) in [6, 6.07) is 7.42. The first-order chi connectivity index (χ1) is 11.8. The quantitative estimate of drug-likeness (QED) is 0.411. The minimum atomic E-state index is -0.854. The number of ether oxygens (including phenoxy) is 1. The van der Waals surface area contributed by atoms with Crippen LogP contribution < -0.4 is 10.6 Å². The average Bonchev–Trinajstić information content (AvgIpc) is 2.57. The van der Waals surface area contributed by atoms with E-state index in [1.165, 1.54) is 30.3 Å². The molecule has 0 atom stereocenters. The van der Waals surface area contributed by atoms with Crippen LogP contribution in [-0.4, -0.2) is 24.0 Å². The monoisotopic (exact) mass is 459 g/mol. The van der Waals surface area contributed by atoms with Crippen molar-refractivity contribution in [3.05, 3.63) is 61.5 Å². The summed E-state index contributed by atoms with van der Waals surface area (Å²) >= 11 is 1.81. The molecule has 25 heavy (non-hydrogen) atoms.